The van der Waals surface area contributed by atoms with Gasteiger partial charge in [0.25, 0.3) is 0 Å². The molecule has 1 aliphatic heterocycles. The van der Waals surface area contributed by atoms with E-state index in [-0.39, 0.29) is 18.8 Å². The van der Waals surface area contributed by atoms with Crippen LogP contribution in [0.5, 0.6) is 11.5 Å². The molecule has 1 heterocycles. The number of hydrogen-bond donors (Lipinski definition) is 0. The van der Waals surface area contributed by atoms with Gasteiger partial charge in [-0.15, -0.1) is 0 Å². The van der Waals surface area contributed by atoms with Crippen molar-refractivity contribution in [1.29, 1.82) is 0 Å². The van der Waals surface area contributed by atoms with E-state index in [2.05, 4.69) is 66.7 Å². The summed E-state index contributed by atoms with van der Waals surface area (Å²) < 4.78 is 61.2. The monoisotopic (exact) mass is 794 g/mol. The molecule has 312 valence electrons. The van der Waals surface area contributed by atoms with Crippen molar-refractivity contribution in [1.82, 2.24) is 0 Å². The minimum atomic E-state index is -4.34. The Labute approximate surface area is 329 Å². The molecule has 2 rings (SSSR count). The Balaban J connectivity index is 1.95. The highest BCUT2D eigenvalue weighted by molar-refractivity contribution is 7.48. The van der Waals surface area contributed by atoms with E-state index < -0.39 is 45.9 Å². The second-order valence-electron chi connectivity index (χ2n) is 15.2. The van der Waals surface area contributed by atoms with E-state index in [1.165, 1.54) is 16.7 Å². The van der Waals surface area contributed by atoms with Crippen molar-refractivity contribution in [2.45, 2.75) is 159 Å². The highest BCUT2D eigenvalue weighted by Crippen LogP contribution is 2.50. The maximum atomic E-state index is 13.2. The number of phosphoric ester groups is 1. The van der Waals surface area contributed by atoms with Gasteiger partial charge in [0.15, 0.2) is 0 Å². The van der Waals surface area contributed by atoms with Gasteiger partial charge in [0.05, 0.1) is 25.4 Å². The molecule has 1 aromatic rings. The first-order valence-electron chi connectivity index (χ1n) is 19.4. The first-order valence-corrected chi connectivity index (χ1v) is 20.9. The van der Waals surface area contributed by atoms with Crippen LogP contribution in [0.4, 0.5) is 9.59 Å². The number of benzene rings is 1. The molecule has 0 bridgehead atoms. The Bertz CT molecular complexity index is 1510. The topological polar surface area (TPSA) is 134 Å². The molecule has 0 radical (unpaired) electrons. The minimum Gasteiger partial charge on any atom is -0.493 e. The first-order chi connectivity index (χ1) is 25.8. The lowest BCUT2D eigenvalue weighted by atomic mass is 9.85. The van der Waals surface area contributed by atoms with Crippen LogP contribution in [0.15, 0.2) is 34.9 Å². The van der Waals surface area contributed by atoms with E-state index >= 15 is 0 Å². The molecule has 0 aromatic heterocycles. The summed E-state index contributed by atoms with van der Waals surface area (Å²) in [5.74, 6) is 1.73. The standard InChI is InChI=1S/C42H67O12P/c1-29(2)17-13-18-32(7)19-14-20-33(8)21-15-23-42(12)24-22-37-36(11)38(34(9)35(10)39(37)54-42)46-25-16-26-49-55(45,50-27-47-40(43)52-30(3)4)51-28-48-41(44)53-31(5)6/h17,19,21,30-31H,13-16,18,20,22-28H2,1-12H3/b32-19+,33-21+/t42-/m1/s1. The number of allylic oxidation sites excluding steroid dienone is 6. The van der Waals surface area contributed by atoms with Crippen molar-refractivity contribution < 1.29 is 56.1 Å². The minimum absolute atomic E-state index is 0.103. The second-order valence-corrected chi connectivity index (χ2v) is 16.8. The number of carbonyl (C=O) groups excluding carboxylic acids is 2. The lowest BCUT2D eigenvalue weighted by Gasteiger charge is -2.38. The van der Waals surface area contributed by atoms with Crippen molar-refractivity contribution in [2.75, 3.05) is 26.8 Å². The SMILES string of the molecule is CC(C)=CCC/C(C)=C/CC/C(C)=C/CC[C@]1(C)CCc2c(C)c(OCCCOP(=O)(OCOC(=O)OC(C)C)OCOC(=O)OC(C)C)c(C)c(C)c2O1. The molecule has 55 heavy (non-hydrogen) atoms. The van der Waals surface area contributed by atoms with Crippen molar-refractivity contribution >= 4 is 20.1 Å². The van der Waals surface area contributed by atoms with Crippen LogP contribution >= 0.6 is 7.82 Å². The maximum Gasteiger partial charge on any atom is 0.510 e. The fourth-order valence-electron chi connectivity index (χ4n) is 5.89. The predicted octanol–water partition coefficient (Wildman–Crippen LogP) is 11.9. The first kappa shape index (κ1) is 47.8. The van der Waals surface area contributed by atoms with Crippen LogP contribution < -0.4 is 9.47 Å². The molecule has 0 fully saturated rings. The molecular formula is C42H67O12P. The summed E-state index contributed by atoms with van der Waals surface area (Å²) in [6, 6.07) is 0. The number of rotatable bonds is 23. The van der Waals surface area contributed by atoms with Gasteiger partial charge < -0.3 is 28.4 Å². The number of ether oxygens (including phenoxy) is 6. The normalized spacial score (nSPS) is 16.0. The molecular weight excluding hydrogens is 727 g/mol. The van der Waals surface area contributed by atoms with E-state index in [9.17, 15) is 14.2 Å². The van der Waals surface area contributed by atoms with Crippen molar-refractivity contribution in [3.05, 3.63) is 57.2 Å². The summed E-state index contributed by atoms with van der Waals surface area (Å²) in [5.41, 5.74) is 8.23. The van der Waals surface area contributed by atoms with Crippen LogP contribution in [0.2, 0.25) is 0 Å². The van der Waals surface area contributed by atoms with Gasteiger partial charge in [0.2, 0.25) is 13.6 Å². The Morgan fingerprint density at radius 1 is 0.764 bits per heavy atom. The molecule has 0 N–H and O–H groups in total. The lowest BCUT2D eigenvalue weighted by Crippen LogP contribution is -2.37. The van der Waals surface area contributed by atoms with E-state index in [0.717, 1.165) is 85.1 Å². The second kappa shape index (κ2) is 23.7. The number of hydrogen-bond acceptors (Lipinski definition) is 12. The summed E-state index contributed by atoms with van der Waals surface area (Å²) in [5, 5.41) is 0. The van der Waals surface area contributed by atoms with E-state index in [1.54, 1.807) is 27.7 Å². The summed E-state index contributed by atoms with van der Waals surface area (Å²) >= 11 is 0. The molecule has 13 heteroatoms. The Hall–Kier alpha value is -3.31. The zero-order chi connectivity index (χ0) is 41.2. The molecule has 0 spiro atoms. The Morgan fingerprint density at radius 3 is 1.85 bits per heavy atom. The van der Waals surface area contributed by atoms with Crippen LogP contribution in [-0.2, 0) is 43.5 Å². The number of fused-ring (bicyclic) bond motifs is 1. The predicted molar refractivity (Wildman–Crippen MR) is 214 cm³/mol. The van der Waals surface area contributed by atoms with Gasteiger partial charge in [-0.25, -0.2) is 23.2 Å². The molecule has 1 aliphatic rings. The zero-order valence-corrected chi connectivity index (χ0v) is 36.3. The van der Waals surface area contributed by atoms with E-state index in [0.29, 0.717) is 6.42 Å². The molecule has 1 atom stereocenters. The molecule has 1 aromatic carbocycles. The van der Waals surface area contributed by atoms with Gasteiger partial charge in [0.1, 0.15) is 17.1 Å². The quantitative estimate of drug-likeness (QED) is 0.0343. The van der Waals surface area contributed by atoms with Gasteiger partial charge in [-0.05, 0) is 151 Å². The summed E-state index contributed by atoms with van der Waals surface area (Å²) in [6.45, 7) is 22.3. The average molecular weight is 795 g/mol. The molecule has 0 amide bonds. The zero-order valence-electron chi connectivity index (χ0n) is 35.4. The lowest BCUT2D eigenvalue weighted by molar-refractivity contribution is -0.0456. The number of phosphoric acid groups is 1. The Morgan fingerprint density at radius 2 is 1.31 bits per heavy atom. The average Bonchev–Trinajstić information content (AvgIpc) is 3.07. The van der Waals surface area contributed by atoms with Crippen LogP contribution in [0.1, 0.15) is 136 Å². The smallest absolute Gasteiger partial charge is 0.493 e. The Kier molecular flexibility index (Phi) is 20.6. The van der Waals surface area contributed by atoms with Crippen molar-refractivity contribution in [2.24, 2.45) is 0 Å². The van der Waals surface area contributed by atoms with Gasteiger partial charge in [-0.1, -0.05) is 34.9 Å². The van der Waals surface area contributed by atoms with Crippen molar-refractivity contribution in [3.63, 3.8) is 0 Å². The molecule has 0 aliphatic carbocycles. The van der Waals surface area contributed by atoms with Gasteiger partial charge >= 0.3 is 20.1 Å². The highest BCUT2D eigenvalue weighted by Gasteiger charge is 2.34. The van der Waals surface area contributed by atoms with Crippen LogP contribution in [0.3, 0.4) is 0 Å². The van der Waals surface area contributed by atoms with E-state index in [1.807, 2.05) is 6.92 Å². The van der Waals surface area contributed by atoms with Crippen LogP contribution in [-0.4, -0.2) is 56.9 Å². The summed E-state index contributed by atoms with van der Waals surface area (Å²) in [6.07, 6.45) is 12.5. The summed E-state index contributed by atoms with van der Waals surface area (Å²) in [4.78, 5) is 23.4. The fourth-order valence-corrected chi connectivity index (χ4v) is 6.83. The highest BCUT2D eigenvalue weighted by atomic mass is 31.2. The van der Waals surface area contributed by atoms with Gasteiger partial charge in [-0.2, -0.15) is 0 Å². The molecule has 0 saturated carbocycles. The van der Waals surface area contributed by atoms with Gasteiger partial charge in [0, 0.05) is 12.0 Å². The largest absolute Gasteiger partial charge is 0.510 e. The molecule has 12 nitrogen and oxygen atoms in total. The third kappa shape index (κ3) is 18.0. The third-order valence-corrected chi connectivity index (χ3v) is 10.4. The van der Waals surface area contributed by atoms with Gasteiger partial charge in [-0.3, -0.25) is 4.52 Å². The van der Waals surface area contributed by atoms with Crippen LogP contribution in [0, 0.1) is 20.8 Å². The van der Waals surface area contributed by atoms with Crippen molar-refractivity contribution in [3.8, 4) is 11.5 Å². The molecule has 0 saturated heterocycles. The summed E-state index contributed by atoms with van der Waals surface area (Å²) in [7, 11) is -4.34. The fraction of sp³-hybridized carbons (Fsp3) is 0.667. The maximum absolute atomic E-state index is 13.2. The number of carbonyl (C=O) groups is 2. The van der Waals surface area contributed by atoms with E-state index in [4.69, 9.17) is 42.0 Å². The van der Waals surface area contributed by atoms with Crippen LogP contribution in [0.25, 0.3) is 0 Å². The molecule has 0 unspecified atom stereocenters. The third-order valence-electron chi connectivity index (χ3n) is 9.08.